The molecule has 3 heterocycles. The number of nitrogens with one attached hydrogen (secondary N) is 1. The van der Waals surface area contributed by atoms with E-state index < -0.39 is 49.9 Å². The lowest BCUT2D eigenvalue weighted by atomic mass is 9.92. The minimum atomic E-state index is -2.75. The van der Waals surface area contributed by atoms with Gasteiger partial charge in [0.1, 0.15) is 25.4 Å². The van der Waals surface area contributed by atoms with Crippen LogP contribution in [0.1, 0.15) is 33.4 Å². The number of nitrogen functional groups attached to an aromatic ring is 1. The zero-order valence-corrected chi connectivity index (χ0v) is 21.0. The van der Waals surface area contributed by atoms with Crippen LogP contribution in [-0.2, 0) is 23.1 Å². The van der Waals surface area contributed by atoms with E-state index in [0.717, 1.165) is 22.7 Å². The van der Waals surface area contributed by atoms with Crippen molar-refractivity contribution in [2.45, 2.75) is 51.3 Å². The third-order valence-electron chi connectivity index (χ3n) is 5.66. The predicted octanol–water partition coefficient (Wildman–Crippen LogP) is 1.69. The molecule has 1 saturated heterocycles. The number of carbonyl (C=O) groups is 1. The molecule has 35 heavy (non-hydrogen) atoms. The fourth-order valence-electron chi connectivity index (χ4n) is 3.18. The molecule has 1 aliphatic rings. The molecule has 2 aromatic rings. The molecule has 0 radical (unpaired) electrons. The minimum Gasteiger partial charge on any atom is -0.386 e. The van der Waals surface area contributed by atoms with Crippen LogP contribution in [0.2, 0.25) is 0 Å². The van der Waals surface area contributed by atoms with Crippen LogP contribution < -0.4 is 11.3 Å². The SMILES string of the molecule is C#CC1(F)[C@@H](O)[C@@H](CO[P+](=O)OCCSC(=O)C(C)(C)CC)O[C@H]1n1cnc2c(=O)[nH]c(N)nc21. The number of anilines is 1. The maximum atomic E-state index is 15.6. The fourth-order valence-corrected chi connectivity index (χ4v) is 4.78. The fraction of sp³-hybridized carbons (Fsp3) is 0.600. The van der Waals surface area contributed by atoms with Crippen molar-refractivity contribution in [2.75, 3.05) is 24.7 Å². The van der Waals surface area contributed by atoms with Gasteiger partial charge in [-0.2, -0.15) is 4.98 Å². The quantitative estimate of drug-likeness (QED) is 0.232. The second-order valence-corrected chi connectivity index (χ2v) is 10.4. The summed E-state index contributed by atoms with van der Waals surface area (Å²) in [5.41, 5.74) is 1.45. The van der Waals surface area contributed by atoms with Gasteiger partial charge in [-0.3, -0.25) is 19.1 Å². The van der Waals surface area contributed by atoms with Crippen LogP contribution in [0.25, 0.3) is 11.2 Å². The number of terminal acetylenes is 1. The van der Waals surface area contributed by atoms with E-state index in [1.165, 1.54) is 0 Å². The van der Waals surface area contributed by atoms with Gasteiger partial charge in [0.05, 0.1) is 6.33 Å². The molecule has 0 aliphatic carbocycles. The van der Waals surface area contributed by atoms with Crippen molar-refractivity contribution >= 4 is 42.2 Å². The summed E-state index contributed by atoms with van der Waals surface area (Å²) in [4.78, 5) is 34.2. The van der Waals surface area contributed by atoms with Crippen LogP contribution in [0.5, 0.6) is 0 Å². The molecule has 0 saturated carbocycles. The number of hydrogen-bond donors (Lipinski definition) is 3. The number of fused-ring (bicyclic) bond motifs is 1. The van der Waals surface area contributed by atoms with E-state index in [-0.39, 0.29) is 34.6 Å². The Morgan fingerprint density at radius 1 is 1.54 bits per heavy atom. The van der Waals surface area contributed by atoms with Crippen LogP contribution in [0.4, 0.5) is 10.3 Å². The van der Waals surface area contributed by atoms with E-state index in [4.69, 9.17) is 25.9 Å². The number of nitrogens with zero attached hydrogens (tertiary/aromatic N) is 3. The van der Waals surface area contributed by atoms with Crippen molar-refractivity contribution in [2.24, 2.45) is 5.41 Å². The molecule has 0 spiro atoms. The van der Waals surface area contributed by atoms with Gasteiger partial charge in [0, 0.05) is 15.7 Å². The van der Waals surface area contributed by atoms with Gasteiger partial charge in [-0.25, -0.2) is 9.37 Å². The van der Waals surface area contributed by atoms with E-state index in [1.807, 2.05) is 26.7 Å². The summed E-state index contributed by atoms with van der Waals surface area (Å²) < 4.78 is 44.4. The summed E-state index contributed by atoms with van der Waals surface area (Å²) in [5, 5.41) is 10.5. The van der Waals surface area contributed by atoms with Gasteiger partial charge in [-0.1, -0.05) is 38.5 Å². The van der Waals surface area contributed by atoms with Crippen molar-refractivity contribution in [1.29, 1.82) is 0 Å². The molecule has 4 N–H and O–H groups in total. The van der Waals surface area contributed by atoms with E-state index in [9.17, 15) is 19.3 Å². The average Bonchev–Trinajstić information content (AvgIpc) is 3.34. The van der Waals surface area contributed by atoms with Gasteiger partial charge in [-0.15, -0.1) is 15.5 Å². The zero-order chi connectivity index (χ0) is 26.0. The smallest absolute Gasteiger partial charge is 0.386 e. The average molecular weight is 530 g/mol. The number of rotatable bonds is 10. The van der Waals surface area contributed by atoms with Gasteiger partial charge in [0.15, 0.2) is 22.5 Å². The molecule has 3 rings (SSSR count). The van der Waals surface area contributed by atoms with Crippen LogP contribution >= 0.6 is 20.0 Å². The van der Waals surface area contributed by atoms with Gasteiger partial charge < -0.3 is 15.6 Å². The van der Waals surface area contributed by atoms with E-state index in [0.29, 0.717) is 6.42 Å². The second-order valence-electron chi connectivity index (χ2n) is 8.39. The Bertz CT molecular complexity index is 1210. The molecule has 2 aromatic heterocycles. The number of ether oxygens (including phenoxy) is 1. The molecule has 0 bridgehead atoms. The number of aromatic amines is 1. The van der Waals surface area contributed by atoms with Crippen molar-refractivity contribution in [3.05, 3.63) is 16.7 Å². The van der Waals surface area contributed by atoms with Crippen molar-refractivity contribution in [3.8, 4) is 12.3 Å². The molecule has 0 aromatic carbocycles. The van der Waals surface area contributed by atoms with Crippen LogP contribution in [0, 0.1) is 17.8 Å². The molecule has 15 heteroatoms. The summed E-state index contributed by atoms with van der Waals surface area (Å²) >= 11 is 1.07. The molecular formula is C20H26FN5O7PS+. The first-order valence-corrected chi connectivity index (χ1v) is 12.7. The number of H-pyrrole nitrogens is 1. The number of thioether (sulfide) groups is 1. The first-order chi connectivity index (χ1) is 16.4. The Hall–Kier alpha value is -2.40. The molecule has 2 unspecified atom stereocenters. The van der Waals surface area contributed by atoms with Gasteiger partial charge in [-0.05, 0) is 6.42 Å². The van der Waals surface area contributed by atoms with Crippen molar-refractivity contribution < 1.29 is 32.6 Å². The third-order valence-corrected chi connectivity index (χ3v) is 7.60. The second kappa shape index (κ2) is 10.7. The highest BCUT2D eigenvalue weighted by molar-refractivity contribution is 8.13. The maximum Gasteiger partial charge on any atom is 0.697 e. The normalized spacial score (nSPS) is 25.0. The monoisotopic (exact) mass is 530 g/mol. The van der Waals surface area contributed by atoms with E-state index >= 15 is 4.39 Å². The van der Waals surface area contributed by atoms with Gasteiger partial charge >= 0.3 is 8.25 Å². The Balaban J connectivity index is 1.61. The highest BCUT2D eigenvalue weighted by Crippen LogP contribution is 2.43. The highest BCUT2D eigenvalue weighted by atomic mass is 32.2. The Kier molecular flexibility index (Phi) is 8.31. The number of aliphatic hydroxyl groups is 1. The first kappa shape index (κ1) is 27.2. The van der Waals surface area contributed by atoms with Gasteiger partial charge in [0.2, 0.25) is 11.6 Å². The van der Waals surface area contributed by atoms with Crippen LogP contribution in [-0.4, -0.2) is 66.6 Å². The lowest BCUT2D eigenvalue weighted by Gasteiger charge is -2.23. The number of hydrogen-bond acceptors (Lipinski definition) is 11. The van der Waals surface area contributed by atoms with Crippen molar-refractivity contribution in [3.63, 3.8) is 0 Å². The maximum absolute atomic E-state index is 15.6. The molecule has 12 nitrogen and oxygen atoms in total. The first-order valence-electron chi connectivity index (χ1n) is 10.6. The summed E-state index contributed by atoms with van der Waals surface area (Å²) in [6.45, 7) is 5.05. The molecule has 1 fully saturated rings. The third kappa shape index (κ3) is 5.55. The number of nitrogens with two attached hydrogens (primary N) is 1. The van der Waals surface area contributed by atoms with Crippen LogP contribution in [0.3, 0.4) is 0 Å². The standard InChI is InChI=1S/C20H25FN5O7PS/c1-5-19(3,4)17(29)35-8-7-31-34(30)32-9-11-13(27)20(21,6-2)16(33-11)26-10-23-12-14(26)24-18(22)25-15(12)28/h2,10-11,13,16,27H,5,7-9H2,1,3-4H3,(H2-,22,24,25,28)/p+1/t11-,13+,16-,20?/m1/s1. The minimum absolute atomic E-state index is 0.00732. The van der Waals surface area contributed by atoms with E-state index in [2.05, 4.69) is 15.0 Å². The number of alkyl halides is 1. The summed E-state index contributed by atoms with van der Waals surface area (Å²) in [5.74, 6) is 1.91. The number of imidazole rings is 1. The predicted molar refractivity (Wildman–Crippen MR) is 126 cm³/mol. The molecule has 1 aliphatic heterocycles. The Labute approximate surface area is 205 Å². The number of carbonyl (C=O) groups excluding carboxylic acids is 1. The number of aliphatic hydroxyl groups excluding tert-OH is 1. The number of halogens is 1. The lowest BCUT2D eigenvalue weighted by Crippen LogP contribution is -2.42. The topological polar surface area (TPSA) is 172 Å². The zero-order valence-electron chi connectivity index (χ0n) is 19.3. The summed E-state index contributed by atoms with van der Waals surface area (Å²) in [7, 11) is -2.64. The Morgan fingerprint density at radius 2 is 2.26 bits per heavy atom. The summed E-state index contributed by atoms with van der Waals surface area (Å²) in [6, 6.07) is 0. The molecular weight excluding hydrogens is 504 g/mol. The van der Waals surface area contributed by atoms with Crippen LogP contribution in [0.15, 0.2) is 11.1 Å². The van der Waals surface area contributed by atoms with E-state index in [1.54, 1.807) is 0 Å². The van der Waals surface area contributed by atoms with Crippen molar-refractivity contribution in [1.82, 2.24) is 19.5 Å². The van der Waals surface area contributed by atoms with Gasteiger partial charge in [0.25, 0.3) is 5.56 Å². The largest absolute Gasteiger partial charge is 0.697 e. The molecule has 5 atom stereocenters. The molecule has 190 valence electrons. The molecule has 0 amide bonds. The summed E-state index contributed by atoms with van der Waals surface area (Å²) in [6.07, 6.45) is 2.30. The highest BCUT2D eigenvalue weighted by Gasteiger charge is 2.58. The lowest BCUT2D eigenvalue weighted by molar-refractivity contribution is -0.118. The number of aromatic nitrogens is 4. The Morgan fingerprint density at radius 3 is 2.91 bits per heavy atom.